The summed E-state index contributed by atoms with van der Waals surface area (Å²) in [4.78, 5) is 32.8. The zero-order chi connectivity index (χ0) is 24.4. The Morgan fingerprint density at radius 2 is 1.94 bits per heavy atom. The SMILES string of the molecule is COc1ccc2nccc(NC(=O)C3CCC(NCc4cc5c(cc4[N+](=O)[O-])OCO5)CC3)c2n1. The van der Waals surface area contributed by atoms with Crippen molar-refractivity contribution >= 4 is 28.3 Å². The molecule has 0 atom stereocenters. The van der Waals surface area contributed by atoms with E-state index in [-0.39, 0.29) is 30.3 Å². The van der Waals surface area contributed by atoms with E-state index in [2.05, 4.69) is 20.6 Å². The summed E-state index contributed by atoms with van der Waals surface area (Å²) in [5, 5.41) is 17.9. The number of nitro groups is 1. The van der Waals surface area contributed by atoms with Gasteiger partial charge in [-0.2, -0.15) is 0 Å². The van der Waals surface area contributed by atoms with E-state index in [0.29, 0.717) is 59.0 Å². The number of aromatic nitrogens is 2. The van der Waals surface area contributed by atoms with Gasteiger partial charge in [-0.3, -0.25) is 19.9 Å². The molecule has 1 saturated carbocycles. The number of carbonyl (C=O) groups is 1. The quantitative estimate of drug-likeness (QED) is 0.385. The third kappa shape index (κ3) is 4.80. The van der Waals surface area contributed by atoms with Crippen molar-refractivity contribution in [2.24, 2.45) is 5.92 Å². The average molecular weight is 479 g/mol. The standard InChI is InChI=1S/C24H25N5O6/c1-33-22-7-6-17-23(28-22)18(8-9-25-17)27-24(30)14-2-4-16(5-3-14)26-12-15-10-20-21(35-13-34-20)11-19(15)29(31)32/h6-11,14,16,26H,2-5,12-13H2,1H3,(H,25,27,30). The molecule has 2 N–H and O–H groups in total. The molecule has 0 unspecified atom stereocenters. The van der Waals surface area contributed by atoms with Crippen LogP contribution in [0.3, 0.4) is 0 Å². The predicted molar refractivity (Wildman–Crippen MR) is 127 cm³/mol. The lowest BCUT2D eigenvalue weighted by atomic mass is 9.85. The lowest BCUT2D eigenvalue weighted by Crippen LogP contribution is -2.36. The third-order valence-electron chi connectivity index (χ3n) is 6.48. The number of methoxy groups -OCH3 is 1. The monoisotopic (exact) mass is 479 g/mol. The number of benzene rings is 1. The maximum Gasteiger partial charge on any atom is 0.277 e. The molecule has 1 aromatic carbocycles. The summed E-state index contributed by atoms with van der Waals surface area (Å²) in [7, 11) is 1.54. The summed E-state index contributed by atoms with van der Waals surface area (Å²) in [6, 6.07) is 8.50. The fraction of sp³-hybridized carbons (Fsp3) is 0.375. The van der Waals surface area contributed by atoms with Gasteiger partial charge in [0.25, 0.3) is 5.69 Å². The maximum absolute atomic E-state index is 13.0. The first-order chi connectivity index (χ1) is 17.0. The van der Waals surface area contributed by atoms with Gasteiger partial charge in [-0.25, -0.2) is 4.98 Å². The first-order valence-corrected chi connectivity index (χ1v) is 11.4. The summed E-state index contributed by atoms with van der Waals surface area (Å²) in [5.74, 6) is 1.19. The Morgan fingerprint density at radius 1 is 1.17 bits per heavy atom. The molecule has 0 saturated heterocycles. The van der Waals surface area contributed by atoms with Crippen molar-refractivity contribution in [2.45, 2.75) is 38.3 Å². The minimum absolute atomic E-state index is 0.00429. The molecule has 11 heteroatoms. The van der Waals surface area contributed by atoms with E-state index in [1.54, 1.807) is 37.6 Å². The van der Waals surface area contributed by atoms with Gasteiger partial charge in [-0.15, -0.1) is 0 Å². The first kappa shape index (κ1) is 22.8. The topological polar surface area (TPSA) is 138 Å². The van der Waals surface area contributed by atoms with E-state index < -0.39 is 4.92 Å². The number of amides is 1. The van der Waals surface area contributed by atoms with Crippen molar-refractivity contribution in [3.05, 3.63) is 52.2 Å². The Kier molecular flexibility index (Phi) is 6.32. The van der Waals surface area contributed by atoms with Crippen molar-refractivity contribution in [3.8, 4) is 17.4 Å². The van der Waals surface area contributed by atoms with Gasteiger partial charge in [0.15, 0.2) is 11.5 Å². The van der Waals surface area contributed by atoms with Crippen LogP contribution in [0.1, 0.15) is 31.2 Å². The van der Waals surface area contributed by atoms with Crippen LogP contribution in [0.2, 0.25) is 0 Å². The molecule has 0 bridgehead atoms. The smallest absolute Gasteiger partial charge is 0.277 e. The van der Waals surface area contributed by atoms with E-state index >= 15 is 0 Å². The highest BCUT2D eigenvalue weighted by molar-refractivity contribution is 6.00. The van der Waals surface area contributed by atoms with E-state index in [9.17, 15) is 14.9 Å². The summed E-state index contributed by atoms with van der Waals surface area (Å²) in [5.41, 5.74) is 2.42. The van der Waals surface area contributed by atoms with Gasteiger partial charge in [-0.1, -0.05) is 0 Å². The number of nitrogens with one attached hydrogen (secondary N) is 2. The molecule has 3 aromatic rings. The van der Waals surface area contributed by atoms with E-state index in [1.807, 2.05) is 0 Å². The van der Waals surface area contributed by atoms with Crippen molar-refractivity contribution < 1.29 is 23.9 Å². The second-order valence-corrected chi connectivity index (χ2v) is 8.59. The van der Waals surface area contributed by atoms with Crippen LogP contribution in [0.15, 0.2) is 36.5 Å². The van der Waals surface area contributed by atoms with Crippen LogP contribution in [0.25, 0.3) is 11.0 Å². The normalized spacial score (nSPS) is 18.9. The van der Waals surface area contributed by atoms with Crippen molar-refractivity contribution in [1.82, 2.24) is 15.3 Å². The molecule has 2 aromatic heterocycles. The molecule has 3 heterocycles. The Hall–Kier alpha value is -3.99. The molecule has 5 rings (SSSR count). The van der Waals surface area contributed by atoms with Crippen molar-refractivity contribution in [3.63, 3.8) is 0 Å². The molecule has 2 aliphatic rings. The van der Waals surface area contributed by atoms with Crippen molar-refractivity contribution in [1.29, 1.82) is 0 Å². The molecule has 1 aliphatic heterocycles. The number of nitrogens with zero attached hydrogens (tertiary/aromatic N) is 3. The summed E-state index contributed by atoms with van der Waals surface area (Å²) in [6.45, 7) is 0.402. The minimum atomic E-state index is -0.409. The third-order valence-corrected chi connectivity index (χ3v) is 6.48. The van der Waals surface area contributed by atoms with Gasteiger partial charge in [0, 0.05) is 36.3 Å². The van der Waals surface area contributed by atoms with Gasteiger partial charge in [0.1, 0.15) is 5.52 Å². The van der Waals surface area contributed by atoms with E-state index in [1.165, 1.54) is 6.07 Å². The Balaban J connectivity index is 1.18. The number of nitro benzene ring substituents is 1. The molecule has 1 aliphatic carbocycles. The van der Waals surface area contributed by atoms with Crippen LogP contribution in [0.5, 0.6) is 17.4 Å². The summed E-state index contributed by atoms with van der Waals surface area (Å²) in [6.07, 6.45) is 4.65. The van der Waals surface area contributed by atoms with Gasteiger partial charge in [0.2, 0.25) is 18.6 Å². The van der Waals surface area contributed by atoms with Crippen LogP contribution >= 0.6 is 0 Å². The molecule has 1 fully saturated rings. The Morgan fingerprint density at radius 3 is 2.69 bits per heavy atom. The number of pyridine rings is 2. The number of hydrogen-bond acceptors (Lipinski definition) is 9. The van der Waals surface area contributed by atoms with Gasteiger partial charge < -0.3 is 24.8 Å². The highest BCUT2D eigenvalue weighted by Crippen LogP contribution is 2.38. The highest BCUT2D eigenvalue weighted by Gasteiger charge is 2.28. The number of anilines is 1. The fourth-order valence-electron chi connectivity index (χ4n) is 4.56. The number of carbonyl (C=O) groups excluding carboxylic acids is 1. The second-order valence-electron chi connectivity index (χ2n) is 8.59. The number of fused-ring (bicyclic) bond motifs is 2. The summed E-state index contributed by atoms with van der Waals surface area (Å²) >= 11 is 0. The lowest BCUT2D eigenvalue weighted by Gasteiger charge is -2.28. The lowest BCUT2D eigenvalue weighted by molar-refractivity contribution is -0.385. The molecule has 0 spiro atoms. The zero-order valence-electron chi connectivity index (χ0n) is 19.2. The minimum Gasteiger partial charge on any atom is -0.481 e. The molecular weight excluding hydrogens is 454 g/mol. The Bertz CT molecular complexity index is 1270. The molecular formula is C24H25N5O6. The van der Waals surface area contributed by atoms with E-state index in [4.69, 9.17) is 14.2 Å². The van der Waals surface area contributed by atoms with Crippen LogP contribution in [0, 0.1) is 16.0 Å². The maximum atomic E-state index is 13.0. The van der Waals surface area contributed by atoms with Crippen LogP contribution < -0.4 is 24.8 Å². The summed E-state index contributed by atoms with van der Waals surface area (Å²) < 4.78 is 15.8. The number of rotatable bonds is 7. The largest absolute Gasteiger partial charge is 0.481 e. The van der Waals surface area contributed by atoms with E-state index in [0.717, 1.165) is 12.8 Å². The van der Waals surface area contributed by atoms with Crippen LogP contribution in [-0.2, 0) is 11.3 Å². The van der Waals surface area contributed by atoms with Gasteiger partial charge >= 0.3 is 0 Å². The number of hydrogen-bond donors (Lipinski definition) is 2. The Labute approximate surface area is 201 Å². The molecule has 0 radical (unpaired) electrons. The highest BCUT2D eigenvalue weighted by atomic mass is 16.7. The zero-order valence-corrected chi connectivity index (χ0v) is 19.2. The molecule has 182 valence electrons. The van der Waals surface area contributed by atoms with Gasteiger partial charge in [-0.05, 0) is 43.9 Å². The van der Waals surface area contributed by atoms with Crippen LogP contribution in [0.4, 0.5) is 11.4 Å². The molecule has 1 amide bonds. The molecule has 11 nitrogen and oxygen atoms in total. The fourth-order valence-corrected chi connectivity index (χ4v) is 4.56. The van der Waals surface area contributed by atoms with Crippen molar-refractivity contribution in [2.75, 3.05) is 19.2 Å². The van der Waals surface area contributed by atoms with Gasteiger partial charge in [0.05, 0.1) is 29.3 Å². The molecule has 35 heavy (non-hydrogen) atoms. The number of ether oxygens (including phenoxy) is 3. The second kappa shape index (κ2) is 9.71. The predicted octanol–water partition coefficient (Wildman–Crippen LogP) is 3.56. The first-order valence-electron chi connectivity index (χ1n) is 11.4. The van der Waals surface area contributed by atoms with Crippen LogP contribution in [-0.4, -0.2) is 40.7 Å². The average Bonchev–Trinajstić information content (AvgIpc) is 3.34.